The van der Waals surface area contributed by atoms with Crippen molar-refractivity contribution in [1.29, 1.82) is 0 Å². The number of nitrogens with one attached hydrogen (secondary N) is 1. The molecule has 1 amide bonds. The van der Waals surface area contributed by atoms with E-state index < -0.39 is 0 Å². The van der Waals surface area contributed by atoms with Gasteiger partial charge in [-0.05, 0) is 47.2 Å². The first kappa shape index (κ1) is 14.7. The van der Waals surface area contributed by atoms with E-state index in [1.54, 1.807) is 13.2 Å². The van der Waals surface area contributed by atoms with E-state index in [0.29, 0.717) is 24.5 Å². The van der Waals surface area contributed by atoms with Crippen LogP contribution in [0.1, 0.15) is 16.8 Å². The summed E-state index contributed by atoms with van der Waals surface area (Å²) >= 11 is 7.86. The van der Waals surface area contributed by atoms with Crippen molar-refractivity contribution in [3.05, 3.63) is 33.4 Å². The van der Waals surface area contributed by atoms with Crippen LogP contribution in [0.5, 0.6) is 0 Å². The molecular weight excluding hydrogens is 352 g/mol. The molecule has 1 aromatic carbocycles. The van der Waals surface area contributed by atoms with Crippen molar-refractivity contribution >= 4 is 40.1 Å². The van der Waals surface area contributed by atoms with Crippen LogP contribution in [0.15, 0.2) is 24.3 Å². The molecule has 0 aliphatic rings. The Balaban J connectivity index is 2.63. The molecule has 1 aromatic rings. The van der Waals surface area contributed by atoms with Gasteiger partial charge in [0.15, 0.2) is 0 Å². The smallest absolute Gasteiger partial charge is 0.251 e. The second-order valence-electron chi connectivity index (χ2n) is 3.61. The number of alkyl halides is 1. The Labute approximate surface area is 120 Å². The monoisotopic (exact) mass is 367 g/mol. The Kier molecular flexibility index (Phi) is 6.84. The van der Waals surface area contributed by atoms with Crippen LogP contribution in [0.4, 0.5) is 0 Å². The van der Waals surface area contributed by atoms with E-state index in [4.69, 9.17) is 16.3 Å². The number of carbonyl (C=O) groups is 1. The molecule has 0 aliphatic carbocycles. The van der Waals surface area contributed by atoms with Gasteiger partial charge < -0.3 is 10.1 Å². The predicted octanol–water partition coefficient (Wildman–Crippen LogP) is 2.66. The van der Waals surface area contributed by atoms with Gasteiger partial charge in [-0.3, -0.25) is 4.79 Å². The van der Waals surface area contributed by atoms with Crippen molar-refractivity contribution in [3.8, 4) is 0 Å². The SMILES string of the molecule is COCC(CCCl)NC(=O)c1cccc(I)c1. The van der Waals surface area contributed by atoms with E-state index in [-0.39, 0.29) is 11.9 Å². The third kappa shape index (κ3) is 5.23. The van der Waals surface area contributed by atoms with Crippen LogP contribution in [0.2, 0.25) is 0 Å². The maximum absolute atomic E-state index is 11.9. The minimum atomic E-state index is -0.0873. The second-order valence-corrected chi connectivity index (χ2v) is 5.24. The van der Waals surface area contributed by atoms with Gasteiger partial charge in [0.05, 0.1) is 12.6 Å². The van der Waals surface area contributed by atoms with E-state index in [0.717, 1.165) is 3.57 Å². The lowest BCUT2D eigenvalue weighted by atomic mass is 10.2. The van der Waals surface area contributed by atoms with Crippen molar-refractivity contribution in [2.75, 3.05) is 19.6 Å². The number of halogens is 2. The summed E-state index contributed by atoms with van der Waals surface area (Å²) in [6.45, 7) is 0.475. The summed E-state index contributed by atoms with van der Waals surface area (Å²) in [6, 6.07) is 7.41. The number of carbonyl (C=O) groups excluding carboxylic acids is 1. The van der Waals surface area contributed by atoms with Gasteiger partial charge in [-0.1, -0.05) is 6.07 Å². The lowest BCUT2D eigenvalue weighted by Gasteiger charge is -2.16. The molecule has 5 heteroatoms. The Morgan fingerprint density at radius 3 is 2.94 bits per heavy atom. The van der Waals surface area contributed by atoms with Crippen LogP contribution in [-0.2, 0) is 4.74 Å². The fraction of sp³-hybridized carbons (Fsp3) is 0.417. The first-order valence-electron chi connectivity index (χ1n) is 5.28. The number of methoxy groups -OCH3 is 1. The highest BCUT2D eigenvalue weighted by atomic mass is 127. The molecular formula is C12H15ClINO2. The Morgan fingerprint density at radius 1 is 1.59 bits per heavy atom. The molecule has 1 rings (SSSR count). The van der Waals surface area contributed by atoms with Gasteiger partial charge in [-0.15, -0.1) is 11.6 Å². The maximum Gasteiger partial charge on any atom is 0.251 e. The summed E-state index contributed by atoms with van der Waals surface area (Å²) in [5.74, 6) is 0.413. The molecule has 0 heterocycles. The van der Waals surface area contributed by atoms with Gasteiger partial charge in [0, 0.05) is 22.1 Å². The highest BCUT2D eigenvalue weighted by Crippen LogP contribution is 2.08. The molecule has 0 aromatic heterocycles. The molecule has 94 valence electrons. The van der Waals surface area contributed by atoms with Gasteiger partial charge in [0.25, 0.3) is 5.91 Å². The van der Waals surface area contributed by atoms with Gasteiger partial charge in [0.2, 0.25) is 0 Å². The van der Waals surface area contributed by atoms with Crippen molar-refractivity contribution < 1.29 is 9.53 Å². The van der Waals surface area contributed by atoms with Crippen molar-refractivity contribution in [3.63, 3.8) is 0 Å². The molecule has 1 N–H and O–H groups in total. The summed E-state index contributed by atoms with van der Waals surface area (Å²) in [5, 5.41) is 2.91. The zero-order valence-corrected chi connectivity index (χ0v) is 12.5. The average molecular weight is 368 g/mol. The zero-order chi connectivity index (χ0) is 12.7. The highest BCUT2D eigenvalue weighted by Gasteiger charge is 2.13. The van der Waals surface area contributed by atoms with Crippen LogP contribution in [0.3, 0.4) is 0 Å². The van der Waals surface area contributed by atoms with Crippen LogP contribution >= 0.6 is 34.2 Å². The lowest BCUT2D eigenvalue weighted by molar-refractivity contribution is 0.0895. The molecule has 3 nitrogen and oxygen atoms in total. The fourth-order valence-corrected chi connectivity index (χ4v) is 2.24. The van der Waals surface area contributed by atoms with Gasteiger partial charge in [-0.2, -0.15) is 0 Å². The van der Waals surface area contributed by atoms with Crippen molar-refractivity contribution in [2.45, 2.75) is 12.5 Å². The first-order chi connectivity index (χ1) is 8.17. The number of amides is 1. The van der Waals surface area contributed by atoms with Crippen LogP contribution in [0.25, 0.3) is 0 Å². The average Bonchev–Trinajstić information content (AvgIpc) is 2.29. The second kappa shape index (κ2) is 7.89. The van der Waals surface area contributed by atoms with Crippen molar-refractivity contribution in [1.82, 2.24) is 5.32 Å². The normalized spacial score (nSPS) is 12.2. The summed E-state index contributed by atoms with van der Waals surface area (Å²) < 4.78 is 6.08. The summed E-state index contributed by atoms with van der Waals surface area (Å²) in [7, 11) is 1.61. The van der Waals surface area contributed by atoms with E-state index >= 15 is 0 Å². The molecule has 1 atom stereocenters. The maximum atomic E-state index is 11.9. The number of rotatable bonds is 6. The summed E-state index contributed by atoms with van der Waals surface area (Å²) in [4.78, 5) is 11.9. The van der Waals surface area contributed by atoms with E-state index in [9.17, 15) is 4.79 Å². The minimum Gasteiger partial charge on any atom is -0.383 e. The largest absolute Gasteiger partial charge is 0.383 e. The topological polar surface area (TPSA) is 38.3 Å². The Morgan fingerprint density at radius 2 is 2.35 bits per heavy atom. The van der Waals surface area contributed by atoms with Crippen LogP contribution in [0, 0.1) is 3.57 Å². The standard InChI is InChI=1S/C12H15ClINO2/c1-17-8-11(5-6-13)15-12(16)9-3-2-4-10(14)7-9/h2-4,7,11H,5-6,8H2,1H3,(H,15,16). The Hall–Kier alpha value is -0.330. The molecule has 17 heavy (non-hydrogen) atoms. The molecule has 0 saturated carbocycles. The zero-order valence-electron chi connectivity index (χ0n) is 9.58. The molecule has 0 radical (unpaired) electrons. The van der Waals surface area contributed by atoms with E-state index in [2.05, 4.69) is 27.9 Å². The number of benzene rings is 1. The Bertz CT molecular complexity index is 367. The number of hydrogen-bond acceptors (Lipinski definition) is 2. The lowest BCUT2D eigenvalue weighted by Crippen LogP contribution is -2.38. The van der Waals surface area contributed by atoms with Crippen LogP contribution < -0.4 is 5.32 Å². The quantitative estimate of drug-likeness (QED) is 0.620. The third-order valence-corrected chi connectivity index (χ3v) is 3.14. The molecule has 0 fully saturated rings. The van der Waals surface area contributed by atoms with Gasteiger partial charge in [0.1, 0.15) is 0 Å². The van der Waals surface area contributed by atoms with Gasteiger partial charge >= 0.3 is 0 Å². The third-order valence-electron chi connectivity index (χ3n) is 2.25. The molecule has 0 aliphatic heterocycles. The van der Waals surface area contributed by atoms with Crippen LogP contribution in [-0.4, -0.2) is 31.5 Å². The number of ether oxygens (including phenoxy) is 1. The summed E-state index contributed by atoms with van der Waals surface area (Å²) in [6.07, 6.45) is 0.699. The molecule has 0 spiro atoms. The predicted molar refractivity (Wildman–Crippen MR) is 77.6 cm³/mol. The van der Waals surface area contributed by atoms with E-state index in [1.165, 1.54) is 0 Å². The molecule has 1 unspecified atom stereocenters. The summed E-state index contributed by atoms with van der Waals surface area (Å²) in [5.41, 5.74) is 0.660. The van der Waals surface area contributed by atoms with Gasteiger partial charge in [-0.25, -0.2) is 0 Å². The first-order valence-corrected chi connectivity index (χ1v) is 6.90. The van der Waals surface area contributed by atoms with Crippen molar-refractivity contribution in [2.24, 2.45) is 0 Å². The molecule has 0 saturated heterocycles. The fourth-order valence-electron chi connectivity index (χ4n) is 1.43. The van der Waals surface area contributed by atoms with E-state index in [1.807, 2.05) is 18.2 Å². The number of hydrogen-bond donors (Lipinski definition) is 1. The highest BCUT2D eigenvalue weighted by molar-refractivity contribution is 14.1. The molecule has 0 bridgehead atoms. The minimum absolute atomic E-state index is 0.0390.